The van der Waals surface area contributed by atoms with Crippen molar-refractivity contribution in [3.8, 4) is 11.4 Å². The van der Waals surface area contributed by atoms with Crippen LogP contribution in [0.4, 0.5) is 0 Å². The summed E-state index contributed by atoms with van der Waals surface area (Å²) in [7, 11) is 0. The molecule has 0 fully saturated rings. The first-order valence-corrected chi connectivity index (χ1v) is 9.50. The molecule has 0 spiro atoms. The summed E-state index contributed by atoms with van der Waals surface area (Å²) in [5, 5.41) is 1.26. The summed E-state index contributed by atoms with van der Waals surface area (Å²) in [5.74, 6) is 0.618. The summed E-state index contributed by atoms with van der Waals surface area (Å²) < 4.78 is 0. The van der Waals surface area contributed by atoms with Gasteiger partial charge in [0.1, 0.15) is 5.82 Å². The van der Waals surface area contributed by atoms with Crippen LogP contribution in [0, 0.1) is 6.92 Å². The van der Waals surface area contributed by atoms with Crippen LogP contribution in [-0.2, 0) is 19.5 Å². The van der Waals surface area contributed by atoms with E-state index in [0.717, 1.165) is 41.8 Å². The molecular formula is C22H21N5O. The van der Waals surface area contributed by atoms with Gasteiger partial charge in [-0.2, -0.15) is 0 Å². The monoisotopic (exact) mass is 371 g/mol. The van der Waals surface area contributed by atoms with E-state index in [1.165, 1.54) is 16.6 Å². The van der Waals surface area contributed by atoms with E-state index in [2.05, 4.69) is 45.0 Å². The van der Waals surface area contributed by atoms with E-state index in [1.807, 2.05) is 18.2 Å². The Morgan fingerprint density at radius 3 is 2.79 bits per heavy atom. The summed E-state index contributed by atoms with van der Waals surface area (Å²) in [5.41, 5.74) is 6.17. The molecule has 1 aromatic carbocycles. The number of aromatic amines is 2. The third kappa shape index (κ3) is 2.92. The predicted molar refractivity (Wildman–Crippen MR) is 109 cm³/mol. The van der Waals surface area contributed by atoms with Gasteiger partial charge in [-0.05, 0) is 30.7 Å². The maximum Gasteiger partial charge on any atom is 0.255 e. The van der Waals surface area contributed by atoms with Crippen molar-refractivity contribution in [2.24, 2.45) is 0 Å². The van der Waals surface area contributed by atoms with Crippen LogP contribution in [0.3, 0.4) is 0 Å². The van der Waals surface area contributed by atoms with E-state index in [-0.39, 0.29) is 5.56 Å². The molecule has 1 aliphatic heterocycles. The molecule has 2 N–H and O–H groups in total. The zero-order valence-corrected chi connectivity index (χ0v) is 15.7. The van der Waals surface area contributed by atoms with Crippen molar-refractivity contribution in [3.05, 3.63) is 81.7 Å². The number of nitrogens with zero attached hydrogens (tertiary/aromatic N) is 3. The zero-order valence-electron chi connectivity index (χ0n) is 15.7. The third-order valence-electron chi connectivity index (χ3n) is 5.51. The van der Waals surface area contributed by atoms with Crippen molar-refractivity contribution >= 4 is 10.9 Å². The molecule has 28 heavy (non-hydrogen) atoms. The molecule has 4 aromatic rings. The number of hydrogen-bond acceptors (Lipinski definition) is 4. The quantitative estimate of drug-likeness (QED) is 0.580. The van der Waals surface area contributed by atoms with Crippen LogP contribution in [0.15, 0.2) is 53.6 Å². The largest absolute Gasteiger partial charge is 0.358 e. The molecule has 5 rings (SSSR count). The van der Waals surface area contributed by atoms with E-state index < -0.39 is 0 Å². The van der Waals surface area contributed by atoms with Crippen LogP contribution in [0.2, 0.25) is 0 Å². The number of H-pyrrole nitrogens is 2. The Labute approximate surface area is 162 Å². The fraction of sp³-hybridized carbons (Fsp3) is 0.227. The Kier molecular flexibility index (Phi) is 4.06. The molecular weight excluding hydrogens is 350 g/mol. The highest BCUT2D eigenvalue weighted by atomic mass is 16.1. The first kappa shape index (κ1) is 16.9. The van der Waals surface area contributed by atoms with Crippen molar-refractivity contribution in [2.75, 3.05) is 6.54 Å². The molecule has 4 heterocycles. The maximum absolute atomic E-state index is 12.7. The van der Waals surface area contributed by atoms with Crippen LogP contribution in [0.5, 0.6) is 0 Å². The van der Waals surface area contributed by atoms with Gasteiger partial charge in [0.15, 0.2) is 0 Å². The predicted octanol–water partition coefficient (Wildman–Crippen LogP) is 3.18. The number of rotatable bonds is 3. The van der Waals surface area contributed by atoms with Gasteiger partial charge >= 0.3 is 0 Å². The summed E-state index contributed by atoms with van der Waals surface area (Å²) in [6, 6.07) is 12.1. The van der Waals surface area contributed by atoms with Crippen molar-refractivity contribution in [1.82, 2.24) is 24.8 Å². The highest BCUT2D eigenvalue weighted by Gasteiger charge is 2.23. The van der Waals surface area contributed by atoms with Crippen LogP contribution >= 0.6 is 0 Å². The normalized spacial score (nSPS) is 14.3. The lowest BCUT2D eigenvalue weighted by Crippen LogP contribution is -2.35. The van der Waals surface area contributed by atoms with E-state index in [9.17, 15) is 4.79 Å². The topological polar surface area (TPSA) is 77.7 Å². The van der Waals surface area contributed by atoms with E-state index in [4.69, 9.17) is 4.98 Å². The number of pyridine rings is 1. The standard InChI is InChI=1S/C22H21N5O/c1-14-17(16-4-2-3-5-19(16)24-14)12-27-11-8-20-18(13-27)22(28)26-21(25-20)15-6-9-23-10-7-15/h2-7,9-10,24H,8,11-13H2,1H3,(H,25,26,28). The summed E-state index contributed by atoms with van der Waals surface area (Å²) >= 11 is 0. The first-order valence-electron chi connectivity index (χ1n) is 9.50. The van der Waals surface area contributed by atoms with E-state index >= 15 is 0 Å². The molecule has 6 nitrogen and oxygen atoms in total. The molecule has 0 saturated carbocycles. The van der Waals surface area contributed by atoms with Gasteiger partial charge in [0.2, 0.25) is 0 Å². The van der Waals surface area contributed by atoms with Gasteiger partial charge in [0.05, 0.1) is 11.3 Å². The highest BCUT2D eigenvalue weighted by Crippen LogP contribution is 2.25. The summed E-state index contributed by atoms with van der Waals surface area (Å²) in [4.78, 5) is 30.2. The minimum absolute atomic E-state index is 0.0443. The maximum atomic E-state index is 12.7. The van der Waals surface area contributed by atoms with Gasteiger partial charge in [-0.25, -0.2) is 4.98 Å². The number of benzene rings is 1. The second-order valence-electron chi connectivity index (χ2n) is 7.31. The second kappa shape index (κ2) is 6.73. The lowest BCUT2D eigenvalue weighted by atomic mass is 10.0. The minimum atomic E-state index is -0.0443. The fourth-order valence-corrected chi connectivity index (χ4v) is 4.02. The molecule has 0 radical (unpaired) electrons. The van der Waals surface area contributed by atoms with Gasteiger partial charge in [0.25, 0.3) is 5.56 Å². The van der Waals surface area contributed by atoms with Gasteiger partial charge in [-0.3, -0.25) is 14.7 Å². The molecule has 0 atom stereocenters. The average molecular weight is 371 g/mol. The highest BCUT2D eigenvalue weighted by molar-refractivity contribution is 5.84. The Morgan fingerprint density at radius 2 is 1.93 bits per heavy atom. The van der Waals surface area contributed by atoms with Crippen LogP contribution in [0.25, 0.3) is 22.3 Å². The fourth-order valence-electron chi connectivity index (χ4n) is 4.02. The lowest BCUT2D eigenvalue weighted by Gasteiger charge is -2.27. The SMILES string of the molecule is Cc1[nH]c2ccccc2c1CN1CCc2nc(-c3ccncc3)[nH]c(=O)c2C1. The van der Waals surface area contributed by atoms with E-state index in [0.29, 0.717) is 12.4 Å². The van der Waals surface area contributed by atoms with Crippen LogP contribution in [-0.4, -0.2) is 31.4 Å². The van der Waals surface area contributed by atoms with Crippen molar-refractivity contribution < 1.29 is 0 Å². The van der Waals surface area contributed by atoms with Crippen molar-refractivity contribution in [2.45, 2.75) is 26.4 Å². The van der Waals surface area contributed by atoms with Gasteiger partial charge in [-0.15, -0.1) is 0 Å². The Morgan fingerprint density at radius 1 is 1.11 bits per heavy atom. The summed E-state index contributed by atoms with van der Waals surface area (Å²) in [6.45, 7) is 4.44. The minimum Gasteiger partial charge on any atom is -0.358 e. The Hall–Kier alpha value is -3.25. The molecule has 0 saturated heterocycles. The van der Waals surface area contributed by atoms with Gasteiger partial charge in [-0.1, -0.05) is 18.2 Å². The number of para-hydroxylation sites is 1. The van der Waals surface area contributed by atoms with Crippen LogP contribution in [0.1, 0.15) is 22.5 Å². The second-order valence-corrected chi connectivity index (χ2v) is 7.31. The number of fused-ring (bicyclic) bond motifs is 2. The molecule has 0 aliphatic carbocycles. The van der Waals surface area contributed by atoms with Crippen LogP contribution < -0.4 is 5.56 Å². The molecule has 1 aliphatic rings. The van der Waals surface area contributed by atoms with E-state index in [1.54, 1.807) is 12.4 Å². The number of hydrogen-bond donors (Lipinski definition) is 2. The molecule has 6 heteroatoms. The Balaban J connectivity index is 1.44. The Bertz CT molecular complexity index is 1210. The van der Waals surface area contributed by atoms with Gasteiger partial charge < -0.3 is 9.97 Å². The molecule has 0 unspecified atom stereocenters. The van der Waals surface area contributed by atoms with Gasteiger partial charge in [0, 0.05) is 60.6 Å². The molecule has 140 valence electrons. The lowest BCUT2D eigenvalue weighted by molar-refractivity contribution is 0.242. The smallest absolute Gasteiger partial charge is 0.255 e. The number of aryl methyl sites for hydroxylation is 1. The average Bonchev–Trinajstić information content (AvgIpc) is 3.04. The van der Waals surface area contributed by atoms with Crippen molar-refractivity contribution in [1.29, 1.82) is 0 Å². The molecule has 0 amide bonds. The number of aromatic nitrogens is 4. The molecule has 0 bridgehead atoms. The zero-order chi connectivity index (χ0) is 19.1. The third-order valence-corrected chi connectivity index (χ3v) is 5.51. The molecule has 3 aromatic heterocycles. The summed E-state index contributed by atoms with van der Waals surface area (Å²) in [6.07, 6.45) is 4.19. The van der Waals surface area contributed by atoms with Crippen molar-refractivity contribution in [3.63, 3.8) is 0 Å². The first-order chi connectivity index (χ1) is 13.7. The number of nitrogens with one attached hydrogen (secondary N) is 2.